The van der Waals surface area contributed by atoms with Crippen LogP contribution in [0.25, 0.3) is 0 Å². The van der Waals surface area contributed by atoms with Crippen LogP contribution in [0.15, 0.2) is 47.4 Å². The number of carboxylic acid groups (broad SMARTS) is 1. The van der Waals surface area contributed by atoms with Gasteiger partial charge >= 0.3 is 5.97 Å². The molecule has 5 heteroatoms. The molecule has 0 saturated heterocycles. The van der Waals surface area contributed by atoms with Crippen LogP contribution in [0, 0.1) is 11.6 Å². The highest BCUT2D eigenvalue weighted by molar-refractivity contribution is 7.98. The first-order valence-corrected chi connectivity index (χ1v) is 6.90. The van der Waals surface area contributed by atoms with Gasteiger partial charge in [-0.2, -0.15) is 0 Å². The van der Waals surface area contributed by atoms with Gasteiger partial charge in [-0.05, 0) is 35.9 Å². The molecule has 20 heavy (non-hydrogen) atoms. The monoisotopic (exact) mass is 294 g/mol. The van der Waals surface area contributed by atoms with Crippen molar-refractivity contribution in [1.82, 2.24) is 0 Å². The van der Waals surface area contributed by atoms with Crippen LogP contribution in [0.5, 0.6) is 0 Å². The molecule has 104 valence electrons. The topological polar surface area (TPSA) is 37.3 Å². The summed E-state index contributed by atoms with van der Waals surface area (Å²) in [5.41, 5.74) is 1.02. The molecule has 0 heterocycles. The molecular weight excluding hydrogens is 282 g/mol. The second-order valence-electron chi connectivity index (χ2n) is 4.24. The highest BCUT2D eigenvalue weighted by Crippen LogP contribution is 2.25. The van der Waals surface area contributed by atoms with Crippen LogP contribution in [0.2, 0.25) is 0 Å². The minimum atomic E-state index is -0.882. The van der Waals surface area contributed by atoms with Gasteiger partial charge in [0.1, 0.15) is 11.6 Å². The normalized spacial score (nSPS) is 10.5. The number of rotatable bonds is 5. The molecular formula is C15H12F2O2S. The number of halogens is 2. The molecule has 0 bridgehead atoms. The fourth-order valence-corrected chi connectivity index (χ4v) is 2.57. The molecule has 2 aromatic rings. The van der Waals surface area contributed by atoms with Gasteiger partial charge in [0.05, 0.1) is 6.42 Å². The Morgan fingerprint density at radius 1 is 1.10 bits per heavy atom. The Morgan fingerprint density at radius 2 is 1.80 bits per heavy atom. The van der Waals surface area contributed by atoms with Crippen molar-refractivity contribution in [2.45, 2.75) is 17.1 Å². The minimum Gasteiger partial charge on any atom is -0.481 e. The lowest BCUT2D eigenvalue weighted by molar-refractivity contribution is -0.136. The summed E-state index contributed by atoms with van der Waals surface area (Å²) in [7, 11) is 0. The van der Waals surface area contributed by atoms with Crippen molar-refractivity contribution >= 4 is 17.7 Å². The van der Waals surface area contributed by atoms with Gasteiger partial charge in [0.25, 0.3) is 0 Å². The maximum Gasteiger partial charge on any atom is 0.307 e. The van der Waals surface area contributed by atoms with E-state index in [-0.39, 0.29) is 6.42 Å². The highest BCUT2D eigenvalue weighted by Gasteiger charge is 2.05. The second kappa shape index (κ2) is 6.52. The van der Waals surface area contributed by atoms with Gasteiger partial charge in [0.15, 0.2) is 0 Å². The standard InChI is InChI=1S/C15H12F2O2S/c16-12-3-6-14(17)11(8-12)9-20-13-4-1-10(2-5-13)7-15(18)19/h1-6,8H,7,9H2,(H,18,19). The van der Waals surface area contributed by atoms with E-state index in [9.17, 15) is 13.6 Å². The Hall–Kier alpha value is -1.88. The number of hydrogen-bond acceptors (Lipinski definition) is 2. The van der Waals surface area contributed by atoms with Crippen LogP contribution in [0.3, 0.4) is 0 Å². The zero-order chi connectivity index (χ0) is 14.5. The largest absolute Gasteiger partial charge is 0.481 e. The molecule has 0 aliphatic rings. The lowest BCUT2D eigenvalue weighted by Crippen LogP contribution is -1.99. The van der Waals surface area contributed by atoms with Crippen molar-refractivity contribution in [1.29, 1.82) is 0 Å². The maximum absolute atomic E-state index is 13.4. The van der Waals surface area contributed by atoms with Crippen LogP contribution >= 0.6 is 11.8 Å². The molecule has 1 N–H and O–H groups in total. The Bertz CT molecular complexity index is 612. The summed E-state index contributed by atoms with van der Waals surface area (Å²) in [6, 6.07) is 10.4. The molecule has 0 aliphatic carbocycles. The van der Waals surface area contributed by atoms with E-state index < -0.39 is 17.6 Å². The summed E-state index contributed by atoms with van der Waals surface area (Å²) < 4.78 is 26.5. The predicted molar refractivity (Wildman–Crippen MR) is 73.7 cm³/mol. The molecule has 0 aliphatic heterocycles. The van der Waals surface area contributed by atoms with E-state index in [0.717, 1.165) is 17.0 Å². The maximum atomic E-state index is 13.4. The summed E-state index contributed by atoms with van der Waals surface area (Å²) in [6.45, 7) is 0. The SMILES string of the molecule is O=C(O)Cc1ccc(SCc2cc(F)ccc2F)cc1. The quantitative estimate of drug-likeness (QED) is 0.850. The van der Waals surface area contributed by atoms with E-state index in [0.29, 0.717) is 16.9 Å². The average Bonchev–Trinajstić information content (AvgIpc) is 2.41. The lowest BCUT2D eigenvalue weighted by Gasteiger charge is -2.05. The fourth-order valence-electron chi connectivity index (χ4n) is 1.69. The van der Waals surface area contributed by atoms with Crippen LogP contribution in [0.1, 0.15) is 11.1 Å². The molecule has 0 radical (unpaired) electrons. The number of hydrogen-bond donors (Lipinski definition) is 1. The molecule has 0 spiro atoms. The van der Waals surface area contributed by atoms with Crippen molar-refractivity contribution in [3.05, 3.63) is 65.2 Å². The van der Waals surface area contributed by atoms with Gasteiger partial charge in [-0.25, -0.2) is 8.78 Å². The molecule has 0 fully saturated rings. The van der Waals surface area contributed by atoms with Gasteiger partial charge in [0, 0.05) is 16.2 Å². The van der Waals surface area contributed by atoms with E-state index in [1.54, 1.807) is 24.3 Å². The van der Waals surface area contributed by atoms with Gasteiger partial charge < -0.3 is 5.11 Å². The fraction of sp³-hybridized carbons (Fsp3) is 0.133. The number of thioether (sulfide) groups is 1. The van der Waals surface area contributed by atoms with Crippen molar-refractivity contribution in [3.63, 3.8) is 0 Å². The van der Waals surface area contributed by atoms with Crippen molar-refractivity contribution in [3.8, 4) is 0 Å². The number of carbonyl (C=O) groups is 1. The van der Waals surface area contributed by atoms with E-state index in [1.165, 1.54) is 17.8 Å². The van der Waals surface area contributed by atoms with Gasteiger partial charge in [-0.3, -0.25) is 4.79 Å². The summed E-state index contributed by atoms with van der Waals surface area (Å²) in [4.78, 5) is 11.4. The molecule has 2 rings (SSSR count). The number of benzene rings is 2. The van der Waals surface area contributed by atoms with Gasteiger partial charge in [0.2, 0.25) is 0 Å². The van der Waals surface area contributed by atoms with Crippen LogP contribution < -0.4 is 0 Å². The van der Waals surface area contributed by atoms with E-state index in [4.69, 9.17) is 5.11 Å². The predicted octanol–water partition coefficient (Wildman–Crippen LogP) is 3.88. The van der Waals surface area contributed by atoms with Crippen LogP contribution in [-0.4, -0.2) is 11.1 Å². The zero-order valence-corrected chi connectivity index (χ0v) is 11.3. The third kappa shape index (κ3) is 4.06. The van der Waals surface area contributed by atoms with Crippen molar-refractivity contribution in [2.24, 2.45) is 0 Å². The van der Waals surface area contributed by atoms with E-state index in [1.807, 2.05) is 0 Å². The Morgan fingerprint density at radius 3 is 2.45 bits per heavy atom. The van der Waals surface area contributed by atoms with Crippen LogP contribution in [-0.2, 0) is 17.0 Å². The molecule has 0 atom stereocenters. The first kappa shape index (κ1) is 14.5. The number of carboxylic acids is 1. The number of aliphatic carboxylic acids is 1. The second-order valence-corrected chi connectivity index (χ2v) is 5.29. The summed E-state index contributed by atoms with van der Waals surface area (Å²) >= 11 is 1.37. The molecule has 0 aromatic heterocycles. The first-order chi connectivity index (χ1) is 9.54. The minimum absolute atomic E-state index is 0.0243. The summed E-state index contributed by atoms with van der Waals surface area (Å²) in [5, 5.41) is 8.66. The highest BCUT2D eigenvalue weighted by atomic mass is 32.2. The van der Waals surface area contributed by atoms with Gasteiger partial charge in [-0.15, -0.1) is 11.8 Å². The van der Waals surface area contributed by atoms with E-state index >= 15 is 0 Å². The lowest BCUT2D eigenvalue weighted by atomic mass is 10.2. The third-order valence-corrected chi connectivity index (χ3v) is 3.74. The Balaban J connectivity index is 2.00. The molecule has 0 saturated carbocycles. The Labute approximate surface area is 119 Å². The van der Waals surface area contributed by atoms with Gasteiger partial charge in [-0.1, -0.05) is 12.1 Å². The smallest absolute Gasteiger partial charge is 0.307 e. The van der Waals surface area contributed by atoms with E-state index in [2.05, 4.69) is 0 Å². The Kier molecular flexibility index (Phi) is 4.74. The van der Waals surface area contributed by atoms with Crippen LogP contribution in [0.4, 0.5) is 8.78 Å². The third-order valence-electron chi connectivity index (χ3n) is 2.68. The zero-order valence-electron chi connectivity index (χ0n) is 10.5. The molecule has 2 aromatic carbocycles. The molecule has 2 nitrogen and oxygen atoms in total. The van der Waals surface area contributed by atoms with Crippen molar-refractivity contribution < 1.29 is 18.7 Å². The first-order valence-electron chi connectivity index (χ1n) is 5.92. The summed E-state index contributed by atoms with van der Waals surface area (Å²) in [6.07, 6.45) is -0.0243. The average molecular weight is 294 g/mol. The van der Waals surface area contributed by atoms with Crippen molar-refractivity contribution in [2.75, 3.05) is 0 Å². The molecule has 0 unspecified atom stereocenters. The molecule has 0 amide bonds. The summed E-state index contributed by atoms with van der Waals surface area (Å²) in [5.74, 6) is -1.45.